The lowest BCUT2D eigenvalue weighted by molar-refractivity contribution is -0.274. The van der Waals surface area contributed by atoms with E-state index in [4.69, 9.17) is 0 Å². The van der Waals surface area contributed by atoms with Crippen molar-refractivity contribution < 1.29 is 23.0 Å². The van der Waals surface area contributed by atoms with Gasteiger partial charge in [-0.05, 0) is 36.4 Å². The lowest BCUT2D eigenvalue weighted by atomic mass is 10.2. The van der Waals surface area contributed by atoms with Gasteiger partial charge in [-0.3, -0.25) is 4.99 Å². The minimum atomic E-state index is -4.75. The molecule has 0 saturated heterocycles. The first-order chi connectivity index (χ1) is 7.94. The lowest BCUT2D eigenvalue weighted by Crippen LogP contribution is -2.21. The van der Waals surface area contributed by atoms with E-state index in [1.165, 1.54) is 12.1 Å². The monoisotopic (exact) mass is 244 g/mol. The molecule has 3 nitrogen and oxygen atoms in total. The third kappa shape index (κ3) is 3.65. The van der Waals surface area contributed by atoms with Gasteiger partial charge in [-0.25, -0.2) is 0 Å². The van der Waals surface area contributed by atoms with Crippen molar-refractivity contribution in [2.24, 2.45) is 4.99 Å². The number of benzene rings is 1. The molecular weight excluding hydrogens is 235 g/mol. The highest BCUT2D eigenvalue weighted by Crippen LogP contribution is 2.25. The summed E-state index contributed by atoms with van der Waals surface area (Å²) in [4.78, 5) is 3.82. The van der Waals surface area contributed by atoms with E-state index in [0.717, 1.165) is 25.0 Å². The van der Waals surface area contributed by atoms with Gasteiger partial charge in [0.05, 0.1) is 0 Å². The van der Waals surface area contributed by atoms with Crippen LogP contribution in [-0.4, -0.2) is 18.3 Å². The van der Waals surface area contributed by atoms with Crippen molar-refractivity contribution in [1.29, 1.82) is 0 Å². The molecule has 1 fully saturated rings. The van der Waals surface area contributed by atoms with Crippen LogP contribution in [0.1, 0.15) is 18.4 Å². The van der Waals surface area contributed by atoms with Crippen molar-refractivity contribution in [3.05, 3.63) is 29.8 Å². The number of aliphatic imine (C=N–C) groups is 1. The zero-order valence-electron chi connectivity index (χ0n) is 8.70. The molecule has 1 aromatic carbocycles. The average molecular weight is 244 g/mol. The predicted molar refractivity (Wildman–Crippen MR) is 52.7 cm³/mol. The van der Waals surface area contributed by atoms with Crippen molar-refractivity contribution in [1.82, 2.24) is 0 Å². The Labute approximate surface area is 95.5 Å². The van der Waals surface area contributed by atoms with E-state index >= 15 is 0 Å². The van der Waals surface area contributed by atoms with Crippen LogP contribution in [0.3, 0.4) is 0 Å². The number of halogens is 3. The summed E-state index contributed by atoms with van der Waals surface area (Å²) in [5.41, 5.74) is 0.110. The molecule has 0 bridgehead atoms. The summed E-state index contributed by atoms with van der Waals surface area (Å²) >= 11 is 0. The molecule has 0 N–H and O–H groups in total. The van der Waals surface area contributed by atoms with Crippen LogP contribution in [0.15, 0.2) is 29.3 Å². The topological polar surface area (TPSA) is 44.7 Å². The van der Waals surface area contributed by atoms with Crippen molar-refractivity contribution in [3.63, 3.8) is 0 Å². The van der Waals surface area contributed by atoms with Gasteiger partial charge in [-0.2, -0.15) is 0 Å². The van der Waals surface area contributed by atoms with Crippen LogP contribution in [0.2, 0.25) is 0 Å². The quantitative estimate of drug-likeness (QED) is 0.601. The summed E-state index contributed by atoms with van der Waals surface area (Å²) < 4.78 is 39.6. The average Bonchev–Trinajstić information content (AvgIpc) is 2.99. The van der Waals surface area contributed by atoms with Crippen molar-refractivity contribution >= 4 is 5.90 Å². The molecule has 17 heavy (non-hydrogen) atoms. The second kappa shape index (κ2) is 4.27. The van der Waals surface area contributed by atoms with Gasteiger partial charge in [0.25, 0.3) is 0 Å². The highest BCUT2D eigenvalue weighted by Gasteiger charge is 2.31. The zero-order valence-corrected chi connectivity index (χ0v) is 8.70. The Morgan fingerprint density at radius 1 is 1.35 bits per heavy atom. The standard InChI is InChI=1S/C11H10F3NO2/c12-11(13,14)17-9-3-1-2-7(6-9)10(16)15-8-4-5-8/h1-3,6,8H,4-5H2,(H,15,16)/p-1. The summed E-state index contributed by atoms with van der Waals surface area (Å²) in [6, 6.07) is 4.96. The molecule has 1 aromatic rings. The number of nitrogens with zero attached hydrogens (tertiary/aromatic N) is 1. The van der Waals surface area contributed by atoms with E-state index in [9.17, 15) is 18.3 Å². The van der Waals surface area contributed by atoms with E-state index in [1.54, 1.807) is 0 Å². The van der Waals surface area contributed by atoms with E-state index < -0.39 is 18.0 Å². The Bertz CT molecular complexity index is 439. The Morgan fingerprint density at radius 3 is 2.65 bits per heavy atom. The van der Waals surface area contributed by atoms with Crippen molar-refractivity contribution in [2.75, 3.05) is 0 Å². The third-order valence-electron chi connectivity index (χ3n) is 2.16. The molecule has 0 spiro atoms. The van der Waals surface area contributed by atoms with Gasteiger partial charge in [0.15, 0.2) is 0 Å². The fourth-order valence-corrected chi connectivity index (χ4v) is 1.27. The zero-order chi connectivity index (χ0) is 12.5. The molecule has 0 aliphatic heterocycles. The molecule has 0 unspecified atom stereocenters. The fourth-order valence-electron chi connectivity index (χ4n) is 1.27. The number of rotatable bonds is 3. The Kier molecular flexibility index (Phi) is 2.95. The number of alkyl halides is 3. The highest BCUT2D eigenvalue weighted by atomic mass is 19.4. The highest BCUT2D eigenvalue weighted by molar-refractivity contribution is 5.91. The molecule has 0 aromatic heterocycles. The van der Waals surface area contributed by atoms with Crippen molar-refractivity contribution in [2.45, 2.75) is 25.2 Å². The first-order valence-electron chi connectivity index (χ1n) is 5.05. The van der Waals surface area contributed by atoms with Crippen LogP contribution in [-0.2, 0) is 0 Å². The maximum Gasteiger partial charge on any atom is 0.573 e. The molecule has 1 aliphatic rings. The van der Waals surface area contributed by atoms with E-state index in [2.05, 4.69) is 9.73 Å². The summed E-state index contributed by atoms with van der Waals surface area (Å²) in [6.07, 6.45) is -3.02. The maximum atomic E-state index is 12.0. The van der Waals surface area contributed by atoms with Gasteiger partial charge in [-0.1, -0.05) is 12.1 Å². The molecular formula is C11H9F3NO2-. The van der Waals surface area contributed by atoms with Gasteiger partial charge >= 0.3 is 6.36 Å². The van der Waals surface area contributed by atoms with E-state index in [-0.39, 0.29) is 11.6 Å². The Morgan fingerprint density at radius 2 is 2.06 bits per heavy atom. The predicted octanol–water partition coefficient (Wildman–Crippen LogP) is 1.85. The molecule has 0 radical (unpaired) electrons. The van der Waals surface area contributed by atoms with Crippen LogP contribution in [0.5, 0.6) is 5.75 Å². The van der Waals surface area contributed by atoms with Crippen LogP contribution < -0.4 is 9.84 Å². The molecule has 0 heterocycles. The second-order valence-corrected chi connectivity index (χ2v) is 3.74. The summed E-state index contributed by atoms with van der Waals surface area (Å²) in [6.45, 7) is 0. The van der Waals surface area contributed by atoms with Gasteiger partial charge in [0.1, 0.15) is 5.75 Å². The van der Waals surface area contributed by atoms with Crippen LogP contribution in [0.25, 0.3) is 0 Å². The van der Waals surface area contributed by atoms with E-state index in [1.807, 2.05) is 0 Å². The van der Waals surface area contributed by atoms with E-state index in [0.29, 0.717) is 0 Å². The molecule has 92 valence electrons. The Balaban J connectivity index is 2.16. The minimum Gasteiger partial charge on any atom is -0.858 e. The van der Waals surface area contributed by atoms with Gasteiger partial charge in [0.2, 0.25) is 0 Å². The van der Waals surface area contributed by atoms with Crippen LogP contribution in [0, 0.1) is 0 Å². The maximum absolute atomic E-state index is 12.0. The first-order valence-corrected chi connectivity index (χ1v) is 5.05. The van der Waals surface area contributed by atoms with Gasteiger partial charge in [0, 0.05) is 6.04 Å². The summed E-state index contributed by atoms with van der Waals surface area (Å²) in [5, 5.41) is 11.5. The van der Waals surface area contributed by atoms with Crippen molar-refractivity contribution in [3.8, 4) is 5.75 Å². The third-order valence-corrected chi connectivity index (χ3v) is 2.16. The molecule has 2 rings (SSSR count). The molecule has 0 atom stereocenters. The smallest absolute Gasteiger partial charge is 0.573 e. The number of ether oxygens (including phenoxy) is 1. The summed E-state index contributed by atoms with van der Waals surface area (Å²) in [7, 11) is 0. The number of hydrogen-bond acceptors (Lipinski definition) is 3. The SMILES string of the molecule is [O-]C(=NC1CC1)c1cccc(OC(F)(F)F)c1. The Hall–Kier alpha value is -1.72. The van der Waals surface area contributed by atoms with Crippen LogP contribution in [0.4, 0.5) is 13.2 Å². The fraction of sp³-hybridized carbons (Fsp3) is 0.364. The largest absolute Gasteiger partial charge is 0.858 e. The minimum absolute atomic E-state index is 0.0368. The van der Waals surface area contributed by atoms with Gasteiger partial charge in [-0.15, -0.1) is 13.2 Å². The molecule has 1 saturated carbocycles. The first kappa shape index (κ1) is 11.8. The second-order valence-electron chi connectivity index (χ2n) is 3.74. The van der Waals surface area contributed by atoms with Crippen LogP contribution >= 0.6 is 0 Å². The number of hydrogen-bond donors (Lipinski definition) is 0. The van der Waals surface area contributed by atoms with Gasteiger partial charge < -0.3 is 9.84 Å². The molecule has 6 heteroatoms. The lowest BCUT2D eigenvalue weighted by Gasteiger charge is -2.13. The summed E-state index contributed by atoms with van der Waals surface area (Å²) in [5.74, 6) is -0.908. The molecule has 0 amide bonds. The molecule has 1 aliphatic carbocycles. The normalized spacial score (nSPS) is 17.0.